The molecule has 1 unspecified atom stereocenters. The van der Waals surface area contributed by atoms with Crippen molar-refractivity contribution in [3.8, 4) is 0 Å². The fourth-order valence-electron chi connectivity index (χ4n) is 3.91. The lowest BCUT2D eigenvalue weighted by Gasteiger charge is -2.32. The number of hydrogen-bond acceptors (Lipinski definition) is 6. The minimum atomic E-state index is -0.899. The Labute approximate surface area is 188 Å². The number of ether oxygens (including phenoxy) is 2. The number of esters is 2. The van der Waals surface area contributed by atoms with Gasteiger partial charge in [-0.3, -0.25) is 4.79 Å². The van der Waals surface area contributed by atoms with Crippen LogP contribution in [0.1, 0.15) is 53.7 Å². The van der Waals surface area contributed by atoms with Crippen LogP contribution in [0.25, 0.3) is 0 Å². The maximum Gasteiger partial charge on any atom is 0.338 e. The molecule has 1 amide bonds. The maximum absolute atomic E-state index is 12.8. The van der Waals surface area contributed by atoms with E-state index in [2.05, 4.69) is 10.2 Å². The molecule has 1 aliphatic rings. The van der Waals surface area contributed by atoms with E-state index in [9.17, 15) is 14.4 Å². The molecule has 32 heavy (non-hydrogen) atoms. The van der Waals surface area contributed by atoms with Crippen molar-refractivity contribution in [1.82, 2.24) is 5.32 Å². The van der Waals surface area contributed by atoms with Gasteiger partial charge in [0.05, 0.1) is 25.7 Å². The first-order valence-electron chi connectivity index (χ1n) is 11.0. The van der Waals surface area contributed by atoms with Crippen LogP contribution in [-0.2, 0) is 25.5 Å². The van der Waals surface area contributed by atoms with Crippen LogP contribution in [0.4, 0.5) is 5.69 Å². The highest BCUT2D eigenvalue weighted by Crippen LogP contribution is 2.29. The first-order valence-corrected chi connectivity index (χ1v) is 11.0. The van der Waals surface area contributed by atoms with Gasteiger partial charge in [-0.2, -0.15) is 0 Å². The first kappa shape index (κ1) is 23.3. The van der Waals surface area contributed by atoms with Crippen molar-refractivity contribution in [3.63, 3.8) is 0 Å². The van der Waals surface area contributed by atoms with Crippen molar-refractivity contribution in [1.29, 1.82) is 0 Å². The molecule has 1 fully saturated rings. The fourth-order valence-corrected chi connectivity index (χ4v) is 3.91. The average molecular weight is 439 g/mol. The van der Waals surface area contributed by atoms with Gasteiger partial charge in [-0.25, -0.2) is 9.59 Å². The highest BCUT2D eigenvalue weighted by molar-refractivity contribution is 5.90. The summed E-state index contributed by atoms with van der Waals surface area (Å²) in [5.74, 6) is -1.22. The molecule has 1 N–H and O–H groups in total. The van der Waals surface area contributed by atoms with Crippen molar-refractivity contribution in [2.45, 2.75) is 38.6 Å². The summed E-state index contributed by atoms with van der Waals surface area (Å²) in [7, 11) is 1.32. The number of hydrogen-bond donors (Lipinski definition) is 1. The van der Waals surface area contributed by atoms with Crippen LogP contribution >= 0.6 is 0 Å². The van der Waals surface area contributed by atoms with E-state index in [-0.39, 0.29) is 12.3 Å². The van der Waals surface area contributed by atoms with Crippen LogP contribution < -0.4 is 10.2 Å². The largest absolute Gasteiger partial charge is 0.467 e. The van der Waals surface area contributed by atoms with Crippen LogP contribution in [-0.4, -0.2) is 44.7 Å². The summed E-state index contributed by atoms with van der Waals surface area (Å²) in [6.45, 7) is 3.89. The zero-order valence-corrected chi connectivity index (χ0v) is 18.6. The van der Waals surface area contributed by atoms with E-state index in [0.29, 0.717) is 12.2 Å². The Kier molecular flexibility index (Phi) is 8.25. The van der Waals surface area contributed by atoms with Gasteiger partial charge in [0, 0.05) is 24.3 Å². The Balaban J connectivity index is 1.75. The zero-order chi connectivity index (χ0) is 22.9. The number of para-hydroxylation sites is 1. The quantitative estimate of drug-likeness (QED) is 0.636. The lowest BCUT2D eigenvalue weighted by Crippen LogP contribution is -2.37. The van der Waals surface area contributed by atoms with E-state index < -0.39 is 18.0 Å². The molecule has 170 valence electrons. The van der Waals surface area contributed by atoms with Gasteiger partial charge in [0.1, 0.15) is 0 Å². The minimum Gasteiger partial charge on any atom is -0.467 e. The van der Waals surface area contributed by atoms with Crippen LogP contribution in [0.2, 0.25) is 0 Å². The van der Waals surface area contributed by atoms with E-state index in [1.54, 1.807) is 31.2 Å². The number of benzene rings is 2. The molecule has 1 atom stereocenters. The molecule has 0 spiro atoms. The predicted molar refractivity (Wildman–Crippen MR) is 122 cm³/mol. The second-order valence-corrected chi connectivity index (χ2v) is 7.72. The van der Waals surface area contributed by atoms with E-state index in [1.165, 1.54) is 13.5 Å². The third-order valence-electron chi connectivity index (χ3n) is 5.52. The van der Waals surface area contributed by atoms with Gasteiger partial charge in [0.2, 0.25) is 5.91 Å². The summed E-state index contributed by atoms with van der Waals surface area (Å²) in [6, 6.07) is 13.4. The van der Waals surface area contributed by atoms with E-state index in [4.69, 9.17) is 9.47 Å². The Hall–Kier alpha value is -3.35. The Bertz CT molecular complexity index is 936. The summed E-state index contributed by atoms with van der Waals surface area (Å²) in [4.78, 5) is 39.5. The predicted octanol–water partition coefficient (Wildman–Crippen LogP) is 3.43. The van der Waals surface area contributed by atoms with Gasteiger partial charge in [0.25, 0.3) is 0 Å². The number of rotatable bonds is 8. The SMILES string of the molecule is CCOC(=O)c1ccc(CC(=O)NC(C(=O)OC)c2ccccc2N2CCCCC2)cc1. The molecule has 0 aliphatic carbocycles. The molecule has 1 heterocycles. The minimum absolute atomic E-state index is 0.0719. The number of nitrogens with one attached hydrogen (secondary N) is 1. The van der Waals surface area contributed by atoms with Crippen molar-refractivity contribution >= 4 is 23.5 Å². The molecule has 1 aliphatic heterocycles. The van der Waals surface area contributed by atoms with Crippen molar-refractivity contribution < 1.29 is 23.9 Å². The van der Waals surface area contributed by atoms with Crippen molar-refractivity contribution in [3.05, 3.63) is 65.2 Å². The number of piperidine rings is 1. The molecule has 0 radical (unpaired) electrons. The summed E-state index contributed by atoms with van der Waals surface area (Å²) in [6.07, 6.45) is 3.48. The molecule has 0 bridgehead atoms. The third kappa shape index (κ3) is 5.87. The van der Waals surface area contributed by atoms with Gasteiger partial charge >= 0.3 is 11.9 Å². The molecule has 3 rings (SSSR count). The lowest BCUT2D eigenvalue weighted by atomic mass is 10.0. The number of amides is 1. The average Bonchev–Trinajstić information content (AvgIpc) is 2.83. The normalized spacial score (nSPS) is 14.4. The Morgan fingerprint density at radius 3 is 2.34 bits per heavy atom. The molecule has 2 aromatic carbocycles. The van der Waals surface area contributed by atoms with Gasteiger partial charge < -0.3 is 19.7 Å². The molecule has 1 saturated heterocycles. The van der Waals surface area contributed by atoms with Crippen LogP contribution in [0.15, 0.2) is 48.5 Å². The van der Waals surface area contributed by atoms with Crippen LogP contribution in [0, 0.1) is 0 Å². The first-order chi connectivity index (χ1) is 15.5. The van der Waals surface area contributed by atoms with Gasteiger partial charge in [-0.15, -0.1) is 0 Å². The number of anilines is 1. The number of methoxy groups -OCH3 is 1. The number of carbonyl (C=O) groups is 3. The second kappa shape index (κ2) is 11.3. The van der Waals surface area contributed by atoms with Crippen LogP contribution in [0.5, 0.6) is 0 Å². The number of nitrogens with zero attached hydrogens (tertiary/aromatic N) is 1. The van der Waals surface area contributed by atoms with Crippen molar-refractivity contribution in [2.24, 2.45) is 0 Å². The smallest absolute Gasteiger partial charge is 0.338 e. The summed E-state index contributed by atoms with van der Waals surface area (Å²) >= 11 is 0. The summed E-state index contributed by atoms with van der Waals surface area (Å²) in [5, 5.41) is 2.84. The molecule has 0 saturated carbocycles. The topological polar surface area (TPSA) is 84.9 Å². The molecule has 7 heteroatoms. The lowest BCUT2D eigenvalue weighted by molar-refractivity contribution is -0.145. The fraction of sp³-hybridized carbons (Fsp3) is 0.400. The van der Waals surface area contributed by atoms with E-state index >= 15 is 0 Å². The molecule has 7 nitrogen and oxygen atoms in total. The maximum atomic E-state index is 12.8. The highest BCUT2D eigenvalue weighted by Gasteiger charge is 2.28. The highest BCUT2D eigenvalue weighted by atomic mass is 16.5. The third-order valence-corrected chi connectivity index (χ3v) is 5.52. The summed E-state index contributed by atoms with van der Waals surface area (Å²) in [5.41, 5.74) is 2.83. The van der Waals surface area contributed by atoms with Gasteiger partial charge in [-0.05, 0) is 49.9 Å². The van der Waals surface area contributed by atoms with Crippen LogP contribution in [0.3, 0.4) is 0 Å². The molecule has 0 aromatic heterocycles. The van der Waals surface area contributed by atoms with E-state index in [1.807, 2.05) is 24.3 Å². The van der Waals surface area contributed by atoms with E-state index in [0.717, 1.165) is 42.7 Å². The molecular formula is C25H30N2O5. The number of carbonyl (C=O) groups excluding carboxylic acids is 3. The zero-order valence-electron chi connectivity index (χ0n) is 18.6. The molecule has 2 aromatic rings. The van der Waals surface area contributed by atoms with Gasteiger partial charge in [0.15, 0.2) is 6.04 Å². The Morgan fingerprint density at radius 2 is 1.69 bits per heavy atom. The second-order valence-electron chi connectivity index (χ2n) is 7.72. The van der Waals surface area contributed by atoms with Gasteiger partial charge in [-0.1, -0.05) is 30.3 Å². The van der Waals surface area contributed by atoms with Crippen molar-refractivity contribution in [2.75, 3.05) is 31.7 Å². The molecular weight excluding hydrogens is 408 g/mol. The monoisotopic (exact) mass is 438 g/mol. The standard InChI is InChI=1S/C25H30N2O5/c1-3-32-24(29)19-13-11-18(12-14-19)17-22(28)26-23(25(30)31-2)20-9-5-6-10-21(20)27-15-7-4-8-16-27/h5-6,9-14,23H,3-4,7-8,15-17H2,1-2H3,(H,26,28). The Morgan fingerprint density at radius 1 is 1.00 bits per heavy atom. The summed E-state index contributed by atoms with van der Waals surface area (Å²) < 4.78 is 9.98.